The van der Waals surface area contributed by atoms with Gasteiger partial charge in [0.25, 0.3) is 0 Å². The van der Waals surface area contributed by atoms with Crippen molar-refractivity contribution in [3.05, 3.63) is 47.0 Å². The van der Waals surface area contributed by atoms with Crippen molar-refractivity contribution >= 4 is 26.7 Å². The number of fused-ring (bicyclic) bond motifs is 1. The Bertz CT molecular complexity index is 808. The lowest BCUT2D eigenvalue weighted by molar-refractivity contribution is 0.897. The first-order chi connectivity index (χ1) is 10.5. The van der Waals surface area contributed by atoms with E-state index in [1.807, 2.05) is 0 Å². The van der Waals surface area contributed by atoms with Gasteiger partial charge in [-0.25, -0.2) is 4.98 Å². The Kier molecular flexibility index (Phi) is 3.92. The third kappa shape index (κ3) is 2.73. The van der Waals surface area contributed by atoms with E-state index < -0.39 is 0 Å². The molecule has 0 atom stereocenters. The SMILES string of the molecule is Cc1cc(C)c(-c2cccc3sc(NC(C)C)nc23)c(C)c1. The molecule has 22 heavy (non-hydrogen) atoms. The van der Waals surface area contributed by atoms with Gasteiger partial charge in [0.1, 0.15) is 0 Å². The van der Waals surface area contributed by atoms with Crippen LogP contribution in [-0.4, -0.2) is 11.0 Å². The maximum atomic E-state index is 4.84. The summed E-state index contributed by atoms with van der Waals surface area (Å²) in [4.78, 5) is 4.84. The summed E-state index contributed by atoms with van der Waals surface area (Å²) < 4.78 is 1.24. The second-order valence-corrected chi connectivity index (χ2v) is 7.27. The molecule has 0 radical (unpaired) electrons. The van der Waals surface area contributed by atoms with E-state index in [9.17, 15) is 0 Å². The summed E-state index contributed by atoms with van der Waals surface area (Å²) in [6.45, 7) is 10.8. The van der Waals surface area contributed by atoms with Crippen LogP contribution in [0, 0.1) is 20.8 Å². The van der Waals surface area contributed by atoms with Crippen LogP contribution in [-0.2, 0) is 0 Å². The summed E-state index contributed by atoms with van der Waals surface area (Å²) in [5.74, 6) is 0. The number of hydrogen-bond acceptors (Lipinski definition) is 3. The first-order valence-electron chi connectivity index (χ1n) is 7.70. The largest absolute Gasteiger partial charge is 0.359 e. The van der Waals surface area contributed by atoms with Crippen molar-refractivity contribution in [2.24, 2.45) is 0 Å². The third-order valence-electron chi connectivity index (χ3n) is 3.78. The Morgan fingerprint density at radius 3 is 2.36 bits per heavy atom. The van der Waals surface area contributed by atoms with Gasteiger partial charge in [0.05, 0.1) is 10.2 Å². The Balaban J connectivity index is 2.21. The first-order valence-corrected chi connectivity index (χ1v) is 8.51. The molecule has 2 aromatic carbocycles. The fraction of sp³-hybridized carbons (Fsp3) is 0.316. The summed E-state index contributed by atoms with van der Waals surface area (Å²) in [5.41, 5.74) is 7.60. The van der Waals surface area contributed by atoms with Crippen LogP contribution < -0.4 is 5.32 Å². The third-order valence-corrected chi connectivity index (χ3v) is 4.73. The van der Waals surface area contributed by atoms with Crippen molar-refractivity contribution in [2.45, 2.75) is 40.7 Å². The number of para-hydroxylation sites is 1. The second-order valence-electron chi connectivity index (χ2n) is 6.24. The van der Waals surface area contributed by atoms with Gasteiger partial charge in [0, 0.05) is 11.6 Å². The molecule has 0 saturated heterocycles. The number of thiazole rings is 1. The summed E-state index contributed by atoms with van der Waals surface area (Å²) >= 11 is 1.73. The van der Waals surface area contributed by atoms with Crippen molar-refractivity contribution in [2.75, 3.05) is 5.32 Å². The molecule has 0 aliphatic heterocycles. The zero-order chi connectivity index (χ0) is 15.9. The van der Waals surface area contributed by atoms with E-state index in [-0.39, 0.29) is 0 Å². The Labute approximate surface area is 136 Å². The summed E-state index contributed by atoms with van der Waals surface area (Å²) in [6, 6.07) is 11.4. The number of benzene rings is 2. The fourth-order valence-electron chi connectivity index (χ4n) is 3.06. The van der Waals surface area contributed by atoms with Crippen LogP contribution in [0.15, 0.2) is 30.3 Å². The van der Waals surface area contributed by atoms with Crippen molar-refractivity contribution in [1.29, 1.82) is 0 Å². The number of hydrogen-bond donors (Lipinski definition) is 1. The normalized spacial score (nSPS) is 11.4. The van der Waals surface area contributed by atoms with E-state index >= 15 is 0 Å². The predicted molar refractivity (Wildman–Crippen MR) is 98.0 cm³/mol. The van der Waals surface area contributed by atoms with Crippen LogP contribution >= 0.6 is 11.3 Å². The Morgan fingerprint density at radius 2 is 1.73 bits per heavy atom. The van der Waals surface area contributed by atoms with E-state index in [1.165, 1.54) is 32.5 Å². The molecule has 2 nitrogen and oxygen atoms in total. The van der Waals surface area contributed by atoms with Gasteiger partial charge in [-0.05, 0) is 57.4 Å². The van der Waals surface area contributed by atoms with E-state index in [2.05, 4.69) is 70.3 Å². The highest BCUT2D eigenvalue weighted by Crippen LogP contribution is 2.37. The van der Waals surface area contributed by atoms with Gasteiger partial charge in [-0.2, -0.15) is 0 Å². The van der Waals surface area contributed by atoms with Crippen molar-refractivity contribution in [3.63, 3.8) is 0 Å². The van der Waals surface area contributed by atoms with Crippen LogP contribution in [0.4, 0.5) is 5.13 Å². The molecule has 1 N–H and O–H groups in total. The molecule has 0 amide bonds. The first kappa shape index (κ1) is 15.0. The van der Waals surface area contributed by atoms with Gasteiger partial charge >= 0.3 is 0 Å². The molecule has 3 heteroatoms. The standard InChI is InChI=1S/C19H22N2S/c1-11(2)20-19-21-18-15(7-6-8-16(18)22-19)17-13(4)9-12(3)10-14(17)5/h6-11H,1-5H3,(H,20,21). The molecule has 0 spiro atoms. The molecular weight excluding hydrogens is 288 g/mol. The second kappa shape index (κ2) is 5.73. The van der Waals surface area contributed by atoms with Crippen LogP contribution in [0.25, 0.3) is 21.3 Å². The minimum atomic E-state index is 0.395. The van der Waals surface area contributed by atoms with Gasteiger partial charge in [-0.3, -0.25) is 0 Å². The average molecular weight is 310 g/mol. The molecule has 1 aromatic heterocycles. The maximum Gasteiger partial charge on any atom is 0.184 e. The summed E-state index contributed by atoms with van der Waals surface area (Å²) in [6.07, 6.45) is 0. The van der Waals surface area contributed by atoms with Crippen LogP contribution in [0.2, 0.25) is 0 Å². The zero-order valence-electron chi connectivity index (χ0n) is 13.8. The van der Waals surface area contributed by atoms with Gasteiger partial charge in [-0.15, -0.1) is 0 Å². The molecule has 3 rings (SSSR count). The Hall–Kier alpha value is -1.87. The summed E-state index contributed by atoms with van der Waals surface area (Å²) in [7, 11) is 0. The van der Waals surface area contributed by atoms with Crippen molar-refractivity contribution < 1.29 is 0 Å². The molecule has 0 aliphatic rings. The average Bonchev–Trinajstić information content (AvgIpc) is 2.79. The van der Waals surface area contributed by atoms with Crippen molar-refractivity contribution in [1.82, 2.24) is 4.98 Å². The smallest absolute Gasteiger partial charge is 0.184 e. The lowest BCUT2D eigenvalue weighted by Crippen LogP contribution is -2.08. The number of aromatic nitrogens is 1. The van der Waals surface area contributed by atoms with Crippen LogP contribution in [0.1, 0.15) is 30.5 Å². The van der Waals surface area contributed by atoms with E-state index in [1.54, 1.807) is 11.3 Å². The molecular formula is C19H22N2S. The van der Waals surface area contributed by atoms with Crippen LogP contribution in [0.3, 0.4) is 0 Å². The topological polar surface area (TPSA) is 24.9 Å². The van der Waals surface area contributed by atoms with Gasteiger partial charge in [0.15, 0.2) is 5.13 Å². The highest BCUT2D eigenvalue weighted by atomic mass is 32.1. The molecule has 0 saturated carbocycles. The van der Waals surface area contributed by atoms with E-state index in [0.29, 0.717) is 6.04 Å². The lowest BCUT2D eigenvalue weighted by atomic mass is 9.93. The van der Waals surface area contributed by atoms with E-state index in [0.717, 1.165) is 10.6 Å². The minimum absolute atomic E-state index is 0.395. The number of aryl methyl sites for hydroxylation is 3. The molecule has 1 heterocycles. The van der Waals surface area contributed by atoms with Gasteiger partial charge in [-0.1, -0.05) is 41.2 Å². The number of rotatable bonds is 3. The fourth-order valence-corrected chi connectivity index (χ4v) is 4.10. The molecule has 114 valence electrons. The Morgan fingerprint density at radius 1 is 1.05 bits per heavy atom. The van der Waals surface area contributed by atoms with Crippen LogP contribution in [0.5, 0.6) is 0 Å². The van der Waals surface area contributed by atoms with Crippen molar-refractivity contribution in [3.8, 4) is 11.1 Å². The molecule has 0 unspecified atom stereocenters. The molecule has 3 aromatic rings. The monoisotopic (exact) mass is 310 g/mol. The number of nitrogens with one attached hydrogen (secondary N) is 1. The van der Waals surface area contributed by atoms with Gasteiger partial charge in [0.2, 0.25) is 0 Å². The highest BCUT2D eigenvalue weighted by molar-refractivity contribution is 7.22. The number of nitrogens with zero attached hydrogens (tertiary/aromatic N) is 1. The van der Waals surface area contributed by atoms with Gasteiger partial charge < -0.3 is 5.32 Å². The molecule has 0 fully saturated rings. The lowest BCUT2D eigenvalue weighted by Gasteiger charge is -2.12. The maximum absolute atomic E-state index is 4.84. The van der Waals surface area contributed by atoms with E-state index in [4.69, 9.17) is 4.98 Å². The number of anilines is 1. The molecule has 0 aliphatic carbocycles. The highest BCUT2D eigenvalue weighted by Gasteiger charge is 2.13. The quantitative estimate of drug-likeness (QED) is 0.670. The minimum Gasteiger partial charge on any atom is -0.359 e. The predicted octanol–water partition coefficient (Wildman–Crippen LogP) is 5.71. The zero-order valence-corrected chi connectivity index (χ0v) is 14.6. The molecule has 0 bridgehead atoms. The summed E-state index contributed by atoms with van der Waals surface area (Å²) in [5, 5.41) is 4.42.